The zero-order chi connectivity index (χ0) is 21.4. The van der Waals surface area contributed by atoms with Crippen LogP contribution >= 0.6 is 11.8 Å². The third kappa shape index (κ3) is 3.59. The van der Waals surface area contributed by atoms with Gasteiger partial charge in [-0.3, -0.25) is 9.36 Å². The lowest BCUT2D eigenvalue weighted by Crippen LogP contribution is -2.21. The van der Waals surface area contributed by atoms with Crippen molar-refractivity contribution in [3.8, 4) is 11.4 Å². The molecule has 0 aliphatic heterocycles. The van der Waals surface area contributed by atoms with E-state index in [1.807, 2.05) is 48.5 Å². The highest BCUT2D eigenvalue weighted by molar-refractivity contribution is 7.98. The Hall–Kier alpha value is -3.51. The molecule has 31 heavy (non-hydrogen) atoms. The number of ether oxygens (including phenoxy) is 1. The zero-order valence-corrected chi connectivity index (χ0v) is 18.1. The Labute approximate surface area is 183 Å². The zero-order valence-electron chi connectivity index (χ0n) is 17.3. The summed E-state index contributed by atoms with van der Waals surface area (Å²) >= 11 is 1.55. The van der Waals surface area contributed by atoms with Crippen LogP contribution < -0.4 is 10.3 Å². The van der Waals surface area contributed by atoms with Gasteiger partial charge in [0.1, 0.15) is 16.8 Å². The average molecular weight is 428 g/mol. The van der Waals surface area contributed by atoms with E-state index in [2.05, 4.69) is 36.2 Å². The molecule has 0 saturated heterocycles. The van der Waals surface area contributed by atoms with E-state index in [9.17, 15) is 4.79 Å². The van der Waals surface area contributed by atoms with Crippen molar-refractivity contribution in [2.45, 2.75) is 17.8 Å². The van der Waals surface area contributed by atoms with E-state index >= 15 is 0 Å². The largest absolute Gasteiger partial charge is 0.497 e. The molecule has 6 heteroatoms. The minimum Gasteiger partial charge on any atom is -0.497 e. The maximum absolute atomic E-state index is 13.6. The van der Waals surface area contributed by atoms with E-state index in [1.165, 1.54) is 11.1 Å². The Kier molecular flexibility index (Phi) is 5.00. The molecule has 5 nitrogen and oxygen atoms in total. The molecule has 1 N–H and O–H groups in total. The molecule has 154 valence electrons. The smallest absolute Gasteiger partial charge is 0.283 e. The standard InChI is InChI=1S/C25H21N3O2S/c1-16-10-12-17(13-11-16)15-31-25-27-22-20-8-3-4-9-21(20)26-23(22)24(29)28(25)18-6-5-7-19(14-18)30-2/h3-14,26H,15H2,1-2H3. The normalized spacial score (nSPS) is 11.3. The maximum atomic E-state index is 13.6. The van der Waals surface area contributed by atoms with Crippen LogP contribution in [0.1, 0.15) is 11.1 Å². The number of H-pyrrole nitrogens is 1. The van der Waals surface area contributed by atoms with Gasteiger partial charge in [-0.1, -0.05) is 65.9 Å². The molecule has 0 amide bonds. The van der Waals surface area contributed by atoms with Crippen LogP contribution in [0.5, 0.6) is 5.75 Å². The van der Waals surface area contributed by atoms with Gasteiger partial charge < -0.3 is 9.72 Å². The second-order valence-electron chi connectivity index (χ2n) is 7.40. The molecule has 5 aromatic rings. The Morgan fingerprint density at radius 2 is 1.84 bits per heavy atom. The Bertz CT molecular complexity index is 1450. The van der Waals surface area contributed by atoms with Crippen molar-refractivity contribution in [1.29, 1.82) is 0 Å². The van der Waals surface area contributed by atoms with Gasteiger partial charge in [0, 0.05) is 22.7 Å². The van der Waals surface area contributed by atoms with Gasteiger partial charge in [0.2, 0.25) is 0 Å². The van der Waals surface area contributed by atoms with Gasteiger partial charge in [0.05, 0.1) is 12.8 Å². The summed E-state index contributed by atoms with van der Waals surface area (Å²) in [6.45, 7) is 2.07. The molecule has 2 heterocycles. The molecule has 0 unspecified atom stereocenters. The van der Waals surface area contributed by atoms with Crippen molar-refractivity contribution in [1.82, 2.24) is 14.5 Å². The fraction of sp³-hybridized carbons (Fsp3) is 0.120. The first-order valence-electron chi connectivity index (χ1n) is 10.0. The number of nitrogens with one attached hydrogen (secondary N) is 1. The summed E-state index contributed by atoms with van der Waals surface area (Å²) < 4.78 is 7.05. The number of aromatic amines is 1. The van der Waals surface area contributed by atoms with E-state index in [-0.39, 0.29) is 5.56 Å². The third-order valence-electron chi connectivity index (χ3n) is 5.29. The monoisotopic (exact) mass is 427 g/mol. The minimum atomic E-state index is -0.124. The molecule has 0 aliphatic rings. The first kappa shape index (κ1) is 19.5. The number of hydrogen-bond donors (Lipinski definition) is 1. The van der Waals surface area contributed by atoms with Crippen LogP contribution in [0, 0.1) is 6.92 Å². The van der Waals surface area contributed by atoms with Gasteiger partial charge in [0.25, 0.3) is 5.56 Å². The van der Waals surface area contributed by atoms with Gasteiger partial charge in [-0.05, 0) is 30.7 Å². The number of para-hydroxylation sites is 1. The number of benzene rings is 3. The average Bonchev–Trinajstić information content (AvgIpc) is 3.18. The van der Waals surface area contributed by atoms with Crippen LogP contribution in [0.3, 0.4) is 0 Å². The van der Waals surface area contributed by atoms with E-state index in [0.717, 1.165) is 16.6 Å². The molecule has 0 bridgehead atoms. The fourth-order valence-corrected chi connectivity index (χ4v) is 4.61. The predicted molar refractivity (Wildman–Crippen MR) is 126 cm³/mol. The Balaban J connectivity index is 1.70. The van der Waals surface area contributed by atoms with Gasteiger partial charge in [-0.15, -0.1) is 0 Å². The molecule has 2 aromatic heterocycles. The van der Waals surface area contributed by atoms with Crippen LogP contribution in [0.15, 0.2) is 82.7 Å². The molecule has 0 spiro atoms. The first-order valence-corrected chi connectivity index (χ1v) is 11.0. The lowest BCUT2D eigenvalue weighted by molar-refractivity contribution is 0.414. The number of fused-ring (bicyclic) bond motifs is 3. The van der Waals surface area contributed by atoms with Crippen molar-refractivity contribution in [3.05, 3.63) is 94.3 Å². The lowest BCUT2D eigenvalue weighted by atomic mass is 10.2. The molecule has 0 saturated carbocycles. The van der Waals surface area contributed by atoms with Crippen LogP contribution in [0.25, 0.3) is 27.6 Å². The van der Waals surface area contributed by atoms with Crippen molar-refractivity contribution >= 4 is 33.7 Å². The van der Waals surface area contributed by atoms with Crippen molar-refractivity contribution in [2.24, 2.45) is 0 Å². The first-order chi connectivity index (χ1) is 15.1. The minimum absolute atomic E-state index is 0.124. The third-order valence-corrected chi connectivity index (χ3v) is 6.30. The second kappa shape index (κ2) is 7.96. The second-order valence-corrected chi connectivity index (χ2v) is 8.35. The highest BCUT2D eigenvalue weighted by Gasteiger charge is 2.17. The summed E-state index contributed by atoms with van der Waals surface area (Å²) in [5, 5.41) is 1.60. The molecule has 3 aromatic carbocycles. The SMILES string of the molecule is COc1cccc(-n2c(SCc3ccc(C)cc3)nc3c([nH]c4ccccc43)c2=O)c1. The van der Waals surface area contributed by atoms with Gasteiger partial charge >= 0.3 is 0 Å². The number of rotatable bonds is 5. The van der Waals surface area contributed by atoms with E-state index in [0.29, 0.717) is 27.7 Å². The van der Waals surface area contributed by atoms with Gasteiger partial charge in [-0.25, -0.2) is 4.98 Å². The summed E-state index contributed by atoms with van der Waals surface area (Å²) in [6, 6.07) is 23.8. The highest BCUT2D eigenvalue weighted by Crippen LogP contribution is 2.29. The van der Waals surface area contributed by atoms with Crippen LogP contribution in [-0.4, -0.2) is 21.6 Å². The van der Waals surface area contributed by atoms with Crippen LogP contribution in [0.2, 0.25) is 0 Å². The number of aryl methyl sites for hydroxylation is 1. The van der Waals surface area contributed by atoms with E-state index < -0.39 is 0 Å². The molecule has 0 aliphatic carbocycles. The molecular formula is C25H21N3O2S. The quantitative estimate of drug-likeness (QED) is 0.298. The Morgan fingerprint density at radius 1 is 1.03 bits per heavy atom. The number of hydrogen-bond acceptors (Lipinski definition) is 4. The lowest BCUT2D eigenvalue weighted by Gasteiger charge is -2.13. The molecular weight excluding hydrogens is 406 g/mol. The van der Waals surface area contributed by atoms with Crippen molar-refractivity contribution in [2.75, 3.05) is 7.11 Å². The molecule has 0 radical (unpaired) electrons. The summed E-state index contributed by atoms with van der Waals surface area (Å²) in [7, 11) is 1.62. The molecule has 0 atom stereocenters. The topological polar surface area (TPSA) is 59.9 Å². The summed E-state index contributed by atoms with van der Waals surface area (Å²) in [6.07, 6.45) is 0. The summed E-state index contributed by atoms with van der Waals surface area (Å²) in [4.78, 5) is 21.8. The number of aromatic nitrogens is 3. The van der Waals surface area contributed by atoms with Crippen molar-refractivity contribution < 1.29 is 4.74 Å². The number of thioether (sulfide) groups is 1. The maximum Gasteiger partial charge on any atom is 0.283 e. The van der Waals surface area contributed by atoms with E-state index in [1.54, 1.807) is 23.4 Å². The predicted octanol–water partition coefficient (Wildman–Crippen LogP) is 5.48. The van der Waals surface area contributed by atoms with Crippen molar-refractivity contribution in [3.63, 3.8) is 0 Å². The van der Waals surface area contributed by atoms with Crippen LogP contribution in [-0.2, 0) is 5.75 Å². The molecule has 0 fully saturated rings. The van der Waals surface area contributed by atoms with Crippen LogP contribution in [0.4, 0.5) is 0 Å². The summed E-state index contributed by atoms with van der Waals surface area (Å²) in [5.41, 5.74) is 5.11. The van der Waals surface area contributed by atoms with Gasteiger partial charge in [0.15, 0.2) is 5.16 Å². The van der Waals surface area contributed by atoms with Gasteiger partial charge in [-0.2, -0.15) is 0 Å². The number of nitrogens with zero attached hydrogens (tertiary/aromatic N) is 2. The summed E-state index contributed by atoms with van der Waals surface area (Å²) in [5.74, 6) is 1.40. The highest BCUT2D eigenvalue weighted by atomic mass is 32.2. The van der Waals surface area contributed by atoms with E-state index in [4.69, 9.17) is 9.72 Å². The Morgan fingerprint density at radius 3 is 2.65 bits per heavy atom. The number of methoxy groups -OCH3 is 1. The fourth-order valence-electron chi connectivity index (χ4n) is 3.65. The molecule has 5 rings (SSSR count).